The first-order valence-electron chi connectivity index (χ1n) is 33.1. The predicted octanol–water partition coefficient (Wildman–Crippen LogP) is -6.27. The van der Waals surface area contributed by atoms with Crippen LogP contribution in [0.15, 0.2) is 36.4 Å². The van der Waals surface area contributed by atoms with Crippen molar-refractivity contribution in [3.63, 3.8) is 0 Å². The standard InChI is InChI=1S/C65H105N15O22/c1-29(2)23-31(5)15-18-39(83)26-45(86)73-51(53(88)55(69)89)62(96)76-49(35(9)81)60(94)75-48(33(7)66)59(93)74-47(32(6)25-44(68)85)58(92)77-50-36(10)102-65(99)34(8)79(11)64(98)52(54(101-14)37-16-19-38(82)20-17-37)78-57(91)42(21-22-43(67)84)80(12)63(97)40(24-30(3)4)71-46(87)27-70-56(90)41(28-100-13)72-61(50)95/h15-20,29-36,39-42,47-54,81-83,88H,21-28,66H2,1-14H3,(H2,67,84)(H2,68,85)(H2,69,89)(H,70,90)(H,71,87)(H,72,95)(H,73,86)(H,74,93)(H,75,94)(H,76,96)(H,77,92)(H,78,91). The van der Waals surface area contributed by atoms with Crippen LogP contribution in [-0.2, 0) is 86.1 Å². The fraction of sp³-hybridized carbons (Fsp3) is 0.646. The lowest BCUT2D eigenvalue weighted by Crippen LogP contribution is -2.66. The molecule has 1 aliphatic heterocycles. The molecular formula is C65H105N15O22. The number of esters is 1. The first-order valence-corrected chi connectivity index (χ1v) is 33.1. The van der Waals surface area contributed by atoms with Gasteiger partial charge in [-0.2, -0.15) is 0 Å². The number of ether oxygens (including phenoxy) is 3. The maximum absolute atomic E-state index is 15.0. The molecule has 1 aliphatic rings. The number of cyclic esters (lactones) is 1. The van der Waals surface area contributed by atoms with E-state index in [2.05, 4.69) is 47.9 Å². The minimum atomic E-state index is -2.45. The van der Waals surface area contributed by atoms with E-state index < -0.39 is 230 Å². The summed E-state index contributed by atoms with van der Waals surface area (Å²) < 4.78 is 16.8. The van der Waals surface area contributed by atoms with Crippen LogP contribution in [0, 0.1) is 23.7 Å². The average Bonchev–Trinajstić information content (AvgIpc) is 0.815. The molecule has 1 fully saturated rings. The Labute approximate surface area is 591 Å². The Morgan fingerprint density at radius 3 is 1.78 bits per heavy atom. The lowest BCUT2D eigenvalue weighted by Gasteiger charge is -2.36. The van der Waals surface area contributed by atoms with Gasteiger partial charge in [-0.25, -0.2) is 4.79 Å². The molecule has 0 radical (unpaired) electrons. The van der Waals surface area contributed by atoms with Gasteiger partial charge in [-0.15, -0.1) is 0 Å². The van der Waals surface area contributed by atoms with E-state index in [1.54, 1.807) is 19.9 Å². The highest BCUT2D eigenvalue weighted by Crippen LogP contribution is 2.26. The summed E-state index contributed by atoms with van der Waals surface area (Å²) >= 11 is 0. The molecule has 37 nitrogen and oxygen atoms in total. The first kappa shape index (κ1) is 88.7. The zero-order valence-electron chi connectivity index (χ0n) is 60.0. The van der Waals surface area contributed by atoms with Crippen LogP contribution in [0.4, 0.5) is 0 Å². The summed E-state index contributed by atoms with van der Waals surface area (Å²) in [4.78, 5) is 210. The van der Waals surface area contributed by atoms with E-state index in [-0.39, 0.29) is 29.6 Å². The van der Waals surface area contributed by atoms with Gasteiger partial charge in [0.2, 0.25) is 82.7 Å². The SMILES string of the molecule is COCC1NC(=O)C(NC(=O)C(NC(=O)C(NC(=O)C(NC(=O)C(NC(=O)CC(O)C=CC(C)CC(C)C)C(O)C(N)=O)C(C)O)C(C)N)C(C)CC(N)=O)C(C)OC(=O)C(C)N(C)C(=O)C(C(OC)c2ccc(O)cc2)NC(=O)C(CCC(N)=O)N(C)C(=O)C(CC(C)C)NC(=O)CNC1=O. The molecule has 572 valence electrons. The Kier molecular flexibility index (Phi) is 36.6. The van der Waals surface area contributed by atoms with E-state index in [9.17, 15) is 92.3 Å². The quantitative estimate of drug-likeness (QED) is 0.0236. The van der Waals surface area contributed by atoms with Crippen LogP contribution in [0.2, 0.25) is 0 Å². The number of hydrogen-bond acceptors (Lipinski definition) is 23. The maximum Gasteiger partial charge on any atom is 0.328 e. The maximum atomic E-state index is 15.0. The van der Waals surface area contributed by atoms with Crippen molar-refractivity contribution in [1.29, 1.82) is 0 Å². The van der Waals surface area contributed by atoms with Crippen molar-refractivity contribution in [2.75, 3.05) is 41.5 Å². The van der Waals surface area contributed by atoms with Crippen LogP contribution < -0.4 is 70.8 Å². The third-order valence-corrected chi connectivity index (χ3v) is 16.4. The number of hydrogen-bond donors (Lipinski definition) is 17. The van der Waals surface area contributed by atoms with Crippen molar-refractivity contribution in [2.24, 2.45) is 46.6 Å². The summed E-state index contributed by atoms with van der Waals surface area (Å²) in [6.07, 6.45) is -7.63. The molecule has 0 aromatic heterocycles. The van der Waals surface area contributed by atoms with Crippen LogP contribution in [0.5, 0.6) is 5.75 Å². The van der Waals surface area contributed by atoms with E-state index in [0.717, 1.165) is 44.2 Å². The fourth-order valence-electron chi connectivity index (χ4n) is 10.8. The summed E-state index contributed by atoms with van der Waals surface area (Å²) in [5, 5.41) is 63.1. The minimum absolute atomic E-state index is 0.00548. The Morgan fingerprint density at radius 2 is 1.25 bits per heavy atom. The van der Waals surface area contributed by atoms with Crippen molar-refractivity contribution in [1.82, 2.24) is 57.7 Å². The molecule has 2 rings (SSSR count). The molecule has 0 aliphatic carbocycles. The van der Waals surface area contributed by atoms with Gasteiger partial charge in [-0.1, -0.05) is 65.8 Å². The average molecular weight is 1450 g/mol. The third kappa shape index (κ3) is 28.2. The van der Waals surface area contributed by atoms with Gasteiger partial charge in [-0.05, 0) is 88.3 Å². The van der Waals surface area contributed by atoms with Gasteiger partial charge in [0.1, 0.15) is 78.4 Å². The fourth-order valence-corrected chi connectivity index (χ4v) is 10.8. The number of allylic oxidation sites excluding steroid dienone is 1. The van der Waals surface area contributed by atoms with E-state index in [4.69, 9.17) is 37.1 Å². The molecule has 0 bridgehead atoms. The number of phenolic OH excluding ortho intramolecular Hbond substituents is 1. The van der Waals surface area contributed by atoms with Crippen molar-refractivity contribution >= 4 is 88.7 Å². The van der Waals surface area contributed by atoms with Gasteiger partial charge in [0.25, 0.3) is 0 Å². The largest absolute Gasteiger partial charge is 0.508 e. The number of primary amides is 3. The number of nitrogens with zero attached hydrogens (tertiary/aromatic N) is 2. The minimum Gasteiger partial charge on any atom is -0.508 e. The number of likely N-dealkylation sites (N-methyl/N-ethyl adjacent to an activating group) is 2. The molecule has 1 heterocycles. The molecule has 21 N–H and O–H groups in total. The van der Waals surface area contributed by atoms with Crippen molar-refractivity contribution in [3.05, 3.63) is 42.0 Å². The number of phenols is 1. The number of aromatic hydroxyl groups is 1. The summed E-state index contributed by atoms with van der Waals surface area (Å²) in [5.41, 5.74) is 22.8. The van der Waals surface area contributed by atoms with Crippen molar-refractivity contribution in [3.8, 4) is 5.75 Å². The first-order chi connectivity index (χ1) is 47.5. The van der Waals surface area contributed by atoms with Gasteiger partial charge in [0, 0.05) is 47.2 Å². The summed E-state index contributed by atoms with van der Waals surface area (Å²) in [6, 6.07) is -15.0. The van der Waals surface area contributed by atoms with Crippen LogP contribution in [0.25, 0.3) is 0 Å². The zero-order valence-corrected chi connectivity index (χ0v) is 60.0. The number of rotatable bonds is 32. The second-order valence-corrected chi connectivity index (χ2v) is 26.3. The number of methoxy groups -OCH3 is 2. The van der Waals surface area contributed by atoms with E-state index in [1.165, 1.54) is 65.3 Å². The lowest BCUT2D eigenvalue weighted by molar-refractivity contribution is -0.161. The number of carbonyl (C=O) groups excluding carboxylic acids is 15. The molecule has 102 heavy (non-hydrogen) atoms. The number of aliphatic hydroxyl groups is 3. The van der Waals surface area contributed by atoms with Gasteiger partial charge in [-0.3, -0.25) is 67.1 Å². The lowest BCUT2D eigenvalue weighted by atomic mass is 9.95. The Bertz CT molecular complexity index is 3130. The number of benzene rings is 1. The summed E-state index contributed by atoms with van der Waals surface area (Å²) in [5.74, 6) is -19.3. The molecule has 1 saturated heterocycles. The molecule has 1 aromatic carbocycles. The molecule has 0 saturated carbocycles. The molecule has 37 heteroatoms. The third-order valence-electron chi connectivity index (χ3n) is 16.4. The second kappa shape index (κ2) is 42.1. The molecule has 18 atom stereocenters. The second-order valence-electron chi connectivity index (χ2n) is 26.3. The van der Waals surface area contributed by atoms with Crippen molar-refractivity contribution in [2.45, 2.75) is 205 Å². The van der Waals surface area contributed by atoms with Gasteiger partial charge < -0.3 is 115 Å². The molecule has 18 unspecified atom stereocenters. The Morgan fingerprint density at radius 1 is 0.676 bits per heavy atom. The van der Waals surface area contributed by atoms with E-state index in [1.807, 2.05) is 20.8 Å². The van der Waals surface area contributed by atoms with Gasteiger partial charge in [0.05, 0.1) is 31.8 Å². The number of amides is 14. The highest BCUT2D eigenvalue weighted by molar-refractivity contribution is 6.01. The van der Waals surface area contributed by atoms with Crippen LogP contribution in [0.3, 0.4) is 0 Å². The highest BCUT2D eigenvalue weighted by Gasteiger charge is 2.44. The monoisotopic (exact) mass is 1450 g/mol. The van der Waals surface area contributed by atoms with Crippen LogP contribution in [-0.4, -0.2) is 251 Å². The normalized spacial score (nSPS) is 22.7. The smallest absolute Gasteiger partial charge is 0.328 e. The molecular weight excluding hydrogens is 1340 g/mol. The van der Waals surface area contributed by atoms with Gasteiger partial charge >= 0.3 is 5.97 Å². The summed E-state index contributed by atoms with van der Waals surface area (Å²) in [7, 11) is 4.62. The van der Waals surface area contributed by atoms with Crippen LogP contribution >= 0.6 is 0 Å². The molecule has 1 aromatic rings. The number of carbonyl (C=O) groups is 15. The topological polar surface area (TPSA) is 583 Å². The van der Waals surface area contributed by atoms with Gasteiger partial charge in [0.15, 0.2) is 6.10 Å². The van der Waals surface area contributed by atoms with Crippen molar-refractivity contribution < 1.29 is 107 Å². The Hall–Kier alpha value is -9.43. The number of nitrogens with one attached hydrogen (secondary N) is 9. The van der Waals surface area contributed by atoms with E-state index in [0.29, 0.717) is 5.92 Å². The molecule has 0 spiro atoms. The highest BCUT2D eigenvalue weighted by atomic mass is 16.5. The van der Waals surface area contributed by atoms with Crippen LogP contribution in [0.1, 0.15) is 119 Å². The molecule has 14 amide bonds. The van der Waals surface area contributed by atoms with E-state index >= 15 is 0 Å². The zero-order chi connectivity index (χ0) is 77.9. The number of nitrogens with two attached hydrogens (primary N) is 4. The summed E-state index contributed by atoms with van der Waals surface area (Å²) in [6.45, 7) is 13.5. The number of aliphatic hydroxyl groups excluding tert-OH is 3. The predicted molar refractivity (Wildman–Crippen MR) is 362 cm³/mol. The Balaban J connectivity index is 2.82.